The predicted molar refractivity (Wildman–Crippen MR) is 106 cm³/mol. The second kappa shape index (κ2) is 6.49. The van der Waals surface area contributed by atoms with Gasteiger partial charge in [-0.1, -0.05) is 30.3 Å². The van der Waals surface area contributed by atoms with Crippen LogP contribution in [0.1, 0.15) is 28.2 Å². The molecule has 0 atom stereocenters. The minimum Gasteiger partial charge on any atom is -0.451 e. The number of carbonyl (C=O) groups excluding carboxylic acids is 1. The molecule has 138 valence electrons. The molecule has 0 spiro atoms. The minimum atomic E-state index is -0.463. The number of carbonyl (C=O) groups is 1. The second-order valence-electron chi connectivity index (χ2n) is 6.80. The Morgan fingerprint density at radius 2 is 1.82 bits per heavy atom. The van der Waals surface area contributed by atoms with Crippen molar-refractivity contribution in [3.8, 4) is 5.69 Å². The van der Waals surface area contributed by atoms with Gasteiger partial charge in [0, 0.05) is 11.6 Å². The van der Waals surface area contributed by atoms with Crippen LogP contribution >= 0.6 is 0 Å². The van der Waals surface area contributed by atoms with Gasteiger partial charge in [-0.25, -0.2) is 4.68 Å². The number of fused-ring (bicyclic) bond motifs is 2. The Morgan fingerprint density at radius 3 is 2.68 bits per heavy atom. The largest absolute Gasteiger partial charge is 0.451 e. The quantitative estimate of drug-likeness (QED) is 0.595. The molecule has 1 aliphatic carbocycles. The lowest BCUT2D eigenvalue weighted by molar-refractivity contribution is 0.0996. The second-order valence-corrected chi connectivity index (χ2v) is 6.80. The average Bonchev–Trinajstić information content (AvgIpc) is 3.31. The van der Waals surface area contributed by atoms with E-state index in [1.165, 1.54) is 6.07 Å². The van der Waals surface area contributed by atoms with E-state index in [9.17, 15) is 9.59 Å². The first-order valence-electron chi connectivity index (χ1n) is 9.21. The van der Waals surface area contributed by atoms with E-state index in [4.69, 9.17) is 4.42 Å². The van der Waals surface area contributed by atoms with Gasteiger partial charge in [0.2, 0.25) is 0 Å². The highest BCUT2D eigenvalue weighted by atomic mass is 16.3. The van der Waals surface area contributed by atoms with Gasteiger partial charge in [-0.15, -0.1) is 0 Å². The lowest BCUT2D eigenvalue weighted by Gasteiger charge is -2.11. The third-order valence-electron chi connectivity index (χ3n) is 5.00. The number of aryl methyl sites for hydroxylation is 1. The van der Waals surface area contributed by atoms with E-state index in [1.807, 2.05) is 30.3 Å². The van der Waals surface area contributed by atoms with E-state index in [0.717, 1.165) is 36.2 Å². The van der Waals surface area contributed by atoms with Crippen molar-refractivity contribution in [3.63, 3.8) is 0 Å². The third-order valence-corrected chi connectivity index (χ3v) is 5.00. The predicted octanol–water partition coefficient (Wildman–Crippen LogP) is 3.72. The molecule has 4 aromatic rings. The molecule has 1 aliphatic rings. The van der Waals surface area contributed by atoms with Crippen molar-refractivity contribution in [3.05, 3.63) is 87.9 Å². The number of rotatable bonds is 3. The first kappa shape index (κ1) is 16.5. The smallest absolute Gasteiger partial charge is 0.292 e. The summed E-state index contributed by atoms with van der Waals surface area (Å²) in [5.74, 6) is 0.158. The van der Waals surface area contributed by atoms with Gasteiger partial charge in [-0.3, -0.25) is 9.59 Å². The highest BCUT2D eigenvalue weighted by Gasteiger charge is 2.25. The molecule has 0 bridgehead atoms. The van der Waals surface area contributed by atoms with Crippen LogP contribution in [0.4, 0.5) is 5.82 Å². The fourth-order valence-electron chi connectivity index (χ4n) is 3.66. The van der Waals surface area contributed by atoms with Gasteiger partial charge < -0.3 is 9.73 Å². The van der Waals surface area contributed by atoms with E-state index < -0.39 is 5.91 Å². The van der Waals surface area contributed by atoms with Crippen molar-refractivity contribution in [2.75, 3.05) is 5.32 Å². The van der Waals surface area contributed by atoms with Crippen molar-refractivity contribution < 1.29 is 9.21 Å². The number of benzene rings is 2. The van der Waals surface area contributed by atoms with Crippen LogP contribution in [0.3, 0.4) is 0 Å². The summed E-state index contributed by atoms with van der Waals surface area (Å²) < 4.78 is 7.43. The zero-order valence-electron chi connectivity index (χ0n) is 15.0. The van der Waals surface area contributed by atoms with Crippen LogP contribution < -0.4 is 10.7 Å². The third kappa shape index (κ3) is 2.70. The zero-order valence-corrected chi connectivity index (χ0v) is 15.0. The van der Waals surface area contributed by atoms with Crippen molar-refractivity contribution in [2.45, 2.75) is 19.3 Å². The van der Waals surface area contributed by atoms with Crippen LogP contribution in [0.25, 0.3) is 16.7 Å². The summed E-state index contributed by atoms with van der Waals surface area (Å²) in [6.45, 7) is 0. The van der Waals surface area contributed by atoms with Gasteiger partial charge in [-0.05, 0) is 43.5 Å². The molecule has 28 heavy (non-hydrogen) atoms. The number of nitrogens with zero attached hydrogens (tertiary/aromatic N) is 2. The number of hydrogen-bond acceptors (Lipinski definition) is 4. The van der Waals surface area contributed by atoms with Gasteiger partial charge in [0.25, 0.3) is 5.91 Å². The molecule has 0 fully saturated rings. The highest BCUT2D eigenvalue weighted by Crippen LogP contribution is 2.31. The fourth-order valence-corrected chi connectivity index (χ4v) is 3.66. The summed E-state index contributed by atoms with van der Waals surface area (Å²) in [7, 11) is 0. The molecule has 1 N–H and O–H groups in total. The molecule has 0 unspecified atom stereocenters. The lowest BCUT2D eigenvalue weighted by atomic mass is 10.2. The molecule has 0 radical (unpaired) electrons. The molecule has 0 saturated heterocycles. The number of anilines is 1. The minimum absolute atomic E-state index is 0.0174. The summed E-state index contributed by atoms with van der Waals surface area (Å²) in [6.07, 6.45) is 2.77. The van der Waals surface area contributed by atoms with Crippen LogP contribution in [0.15, 0.2) is 69.9 Å². The molecule has 0 aliphatic heterocycles. The van der Waals surface area contributed by atoms with Crippen LogP contribution in [0, 0.1) is 0 Å². The lowest BCUT2D eigenvalue weighted by Crippen LogP contribution is -2.18. The monoisotopic (exact) mass is 371 g/mol. The first-order valence-corrected chi connectivity index (χ1v) is 9.21. The molecular weight excluding hydrogens is 354 g/mol. The van der Waals surface area contributed by atoms with E-state index >= 15 is 0 Å². The maximum Gasteiger partial charge on any atom is 0.292 e. The van der Waals surface area contributed by atoms with E-state index in [-0.39, 0.29) is 11.2 Å². The number of aromatic nitrogens is 2. The standard InChI is InChI=1S/C22H17N3O3/c26-18-13-20(28-19-12-5-4-9-16(18)19)22(27)23-21-15-10-6-11-17(15)24-25(21)14-7-2-1-3-8-14/h1-5,7-9,12-13H,6,10-11H2,(H,23,27). The van der Waals surface area contributed by atoms with Gasteiger partial charge in [-0.2, -0.15) is 5.10 Å². The van der Waals surface area contributed by atoms with Crippen LogP contribution in [0.5, 0.6) is 0 Å². The number of nitrogens with one attached hydrogen (secondary N) is 1. The normalized spacial score (nSPS) is 12.9. The van der Waals surface area contributed by atoms with Crippen molar-refractivity contribution >= 4 is 22.7 Å². The highest BCUT2D eigenvalue weighted by molar-refractivity contribution is 6.03. The number of para-hydroxylation sites is 2. The SMILES string of the molecule is O=C(Nc1c2c(nn1-c1ccccc1)CCC2)c1cc(=O)c2ccccc2o1. The number of hydrogen-bond donors (Lipinski definition) is 1. The van der Waals surface area contributed by atoms with Crippen LogP contribution in [-0.4, -0.2) is 15.7 Å². The number of amides is 1. The van der Waals surface area contributed by atoms with Gasteiger partial charge in [0.1, 0.15) is 11.4 Å². The molecule has 2 heterocycles. The van der Waals surface area contributed by atoms with Gasteiger partial charge in [0.15, 0.2) is 11.2 Å². The Morgan fingerprint density at radius 1 is 1.04 bits per heavy atom. The Labute approximate surface area is 160 Å². The average molecular weight is 371 g/mol. The zero-order chi connectivity index (χ0) is 19.1. The van der Waals surface area contributed by atoms with Crippen molar-refractivity contribution in [2.24, 2.45) is 0 Å². The maximum absolute atomic E-state index is 12.9. The molecule has 2 aromatic carbocycles. The van der Waals surface area contributed by atoms with Crippen molar-refractivity contribution in [1.82, 2.24) is 9.78 Å². The molecule has 0 saturated carbocycles. The molecule has 1 amide bonds. The Balaban J connectivity index is 1.56. The van der Waals surface area contributed by atoms with E-state index in [0.29, 0.717) is 16.8 Å². The van der Waals surface area contributed by atoms with Crippen LogP contribution in [0.2, 0.25) is 0 Å². The molecule has 2 aromatic heterocycles. The Hall–Kier alpha value is -3.67. The van der Waals surface area contributed by atoms with E-state index in [1.54, 1.807) is 28.9 Å². The van der Waals surface area contributed by atoms with Gasteiger partial charge in [0.05, 0.1) is 16.8 Å². The topological polar surface area (TPSA) is 77.1 Å². The fraction of sp³-hybridized carbons (Fsp3) is 0.136. The van der Waals surface area contributed by atoms with Crippen LogP contribution in [-0.2, 0) is 12.8 Å². The molecular formula is C22H17N3O3. The maximum atomic E-state index is 12.9. The summed E-state index contributed by atoms with van der Waals surface area (Å²) in [6, 6.07) is 17.8. The summed E-state index contributed by atoms with van der Waals surface area (Å²) in [4.78, 5) is 25.2. The van der Waals surface area contributed by atoms with Gasteiger partial charge >= 0.3 is 0 Å². The van der Waals surface area contributed by atoms with E-state index in [2.05, 4.69) is 10.4 Å². The molecule has 6 nitrogen and oxygen atoms in total. The first-order chi connectivity index (χ1) is 13.7. The van der Waals surface area contributed by atoms with Crippen molar-refractivity contribution in [1.29, 1.82) is 0 Å². The Kier molecular flexibility index (Phi) is 3.83. The molecule has 6 heteroatoms. The summed E-state index contributed by atoms with van der Waals surface area (Å²) in [5, 5.41) is 8.06. The summed E-state index contributed by atoms with van der Waals surface area (Å²) in [5.41, 5.74) is 3.06. The Bertz CT molecular complexity index is 1260. The summed E-state index contributed by atoms with van der Waals surface area (Å²) >= 11 is 0. The molecule has 5 rings (SSSR count).